The van der Waals surface area contributed by atoms with Crippen molar-refractivity contribution in [2.45, 2.75) is 0 Å². The lowest BCUT2D eigenvalue weighted by atomic mass is 10.5. The van der Waals surface area contributed by atoms with E-state index in [0.717, 1.165) is 15.0 Å². The summed E-state index contributed by atoms with van der Waals surface area (Å²) in [5, 5.41) is 6.72. The van der Waals surface area contributed by atoms with Gasteiger partial charge in [-0.2, -0.15) is 4.57 Å². The van der Waals surface area contributed by atoms with Crippen LogP contribution in [0.1, 0.15) is 0 Å². The predicted molar refractivity (Wildman–Crippen MR) is 104 cm³/mol. The van der Waals surface area contributed by atoms with Gasteiger partial charge >= 0.3 is 7.82 Å². The van der Waals surface area contributed by atoms with Gasteiger partial charge in [0.25, 0.3) is 17.7 Å². The summed E-state index contributed by atoms with van der Waals surface area (Å²) >= 11 is 8.63. The van der Waals surface area contributed by atoms with Gasteiger partial charge in [-0.15, -0.1) is 0 Å². The fourth-order valence-corrected chi connectivity index (χ4v) is 3.70. The van der Waals surface area contributed by atoms with Crippen LogP contribution < -0.4 is 16.0 Å². The fourth-order valence-electron chi connectivity index (χ4n) is 1.12. The summed E-state index contributed by atoms with van der Waals surface area (Å²) in [6, 6.07) is 0. The summed E-state index contributed by atoms with van der Waals surface area (Å²) in [5.74, 6) is -3.80. The number of halogens is 3. The Kier molecular flexibility index (Phi) is 11.5. The zero-order valence-corrected chi connectivity index (χ0v) is 19.3. The molecule has 0 atom stereocenters. The molecule has 0 aromatic heterocycles. The molecule has 0 saturated heterocycles. The highest BCUT2D eigenvalue weighted by molar-refractivity contribution is 9.11. The van der Waals surface area contributed by atoms with Gasteiger partial charge in [-0.25, -0.2) is 0 Å². The number of phosphoric ester groups is 1. The van der Waals surface area contributed by atoms with Gasteiger partial charge in [0, 0.05) is 36.1 Å². The van der Waals surface area contributed by atoms with Gasteiger partial charge in [0.2, 0.25) is 17.3 Å². The number of hydrogen-bond acceptors (Lipinski definition) is 7. The Balaban J connectivity index is 5.93. The summed E-state index contributed by atoms with van der Waals surface area (Å²) in [6.07, 6.45) is 0. The molecule has 0 bridgehead atoms. The molecule has 0 aliphatic rings. The maximum atomic E-state index is 13.0. The van der Waals surface area contributed by atoms with E-state index in [0.29, 0.717) is 0 Å². The van der Waals surface area contributed by atoms with E-state index in [9.17, 15) is 18.9 Å². The van der Waals surface area contributed by atoms with E-state index in [2.05, 4.69) is 63.7 Å². The number of carbonyl (C=O) groups excluding carboxylic acids is 3. The van der Waals surface area contributed by atoms with Crippen LogP contribution in [0.15, 0.2) is 32.2 Å². The van der Waals surface area contributed by atoms with Crippen LogP contribution in [-0.2, 0) is 32.5 Å². The summed E-state index contributed by atoms with van der Waals surface area (Å²) in [5.41, 5.74) is 0. The Morgan fingerprint density at radius 1 is 0.692 bits per heavy atom. The van der Waals surface area contributed by atoms with E-state index in [1.165, 1.54) is 21.1 Å². The quantitative estimate of drug-likeness (QED) is 0.215. The Morgan fingerprint density at radius 2 is 0.923 bits per heavy atom. The van der Waals surface area contributed by atoms with E-state index in [4.69, 9.17) is 13.6 Å². The Bertz CT molecular complexity index is 603. The summed E-state index contributed by atoms with van der Waals surface area (Å²) in [6.45, 7) is 0. The first kappa shape index (κ1) is 24.7. The van der Waals surface area contributed by atoms with Crippen molar-refractivity contribution >= 4 is 73.3 Å². The molecule has 0 aliphatic carbocycles. The number of hydrogen-bond donors (Lipinski definition) is 3. The third-order valence-electron chi connectivity index (χ3n) is 2.28. The molecule has 3 N–H and O–H groups in total. The first-order chi connectivity index (χ1) is 12.2. The lowest BCUT2D eigenvalue weighted by Crippen LogP contribution is -2.25. The second kappa shape index (κ2) is 12.2. The van der Waals surface area contributed by atoms with Gasteiger partial charge in [0.1, 0.15) is 0 Å². The third-order valence-corrected chi connectivity index (χ3v) is 4.79. The first-order valence-electron chi connectivity index (χ1n) is 6.48. The number of rotatable bonds is 9. The van der Waals surface area contributed by atoms with Crippen molar-refractivity contribution in [2.24, 2.45) is 0 Å². The topological polar surface area (TPSA) is 132 Å². The fraction of sp³-hybridized carbons (Fsp3) is 0.250. The molecule has 0 aromatic carbocycles. The van der Waals surface area contributed by atoms with Gasteiger partial charge in [0.15, 0.2) is 0 Å². The highest BCUT2D eigenvalue weighted by Crippen LogP contribution is 2.55. The Hall–Kier alpha value is -1.30. The molecule has 0 radical (unpaired) electrons. The second-order valence-electron chi connectivity index (χ2n) is 3.88. The van der Waals surface area contributed by atoms with Gasteiger partial charge < -0.3 is 29.5 Å². The average Bonchev–Trinajstić information content (AvgIpc) is 2.66. The third kappa shape index (κ3) is 7.52. The van der Waals surface area contributed by atoms with Crippen molar-refractivity contribution in [3.63, 3.8) is 0 Å². The maximum absolute atomic E-state index is 13.0. The van der Waals surface area contributed by atoms with E-state index in [-0.39, 0.29) is 0 Å². The highest BCUT2D eigenvalue weighted by Gasteiger charge is 2.39. The number of carbonyl (C=O) groups is 3. The van der Waals surface area contributed by atoms with Gasteiger partial charge in [-0.3, -0.25) is 14.4 Å². The molecule has 0 aromatic rings. The predicted octanol–water partition coefficient (Wildman–Crippen LogP) is 2.09. The molecular formula is C12H15Br3N3O7P. The van der Waals surface area contributed by atoms with Crippen LogP contribution >= 0.6 is 55.6 Å². The SMILES string of the molecule is CNC(=O)/C(=C\Br)OP(=O)(O/C(=C/Br)C(=O)NC)O/C(=C/Br)C(=O)NC. The minimum atomic E-state index is -4.72. The summed E-state index contributed by atoms with van der Waals surface area (Å²) < 4.78 is 28.1. The van der Waals surface area contributed by atoms with Crippen molar-refractivity contribution in [2.75, 3.05) is 21.1 Å². The van der Waals surface area contributed by atoms with Crippen molar-refractivity contribution in [3.8, 4) is 0 Å². The number of amides is 3. The zero-order valence-electron chi connectivity index (χ0n) is 13.7. The Morgan fingerprint density at radius 3 is 1.08 bits per heavy atom. The van der Waals surface area contributed by atoms with Crippen LogP contribution in [0.3, 0.4) is 0 Å². The van der Waals surface area contributed by atoms with Crippen LogP contribution in [0.5, 0.6) is 0 Å². The monoisotopic (exact) mass is 581 g/mol. The van der Waals surface area contributed by atoms with E-state index >= 15 is 0 Å². The molecule has 0 fully saturated rings. The second-order valence-corrected chi connectivity index (χ2v) is 6.69. The zero-order chi connectivity index (χ0) is 20.3. The molecule has 3 amide bonds. The van der Waals surface area contributed by atoms with E-state index in [1.807, 2.05) is 0 Å². The van der Waals surface area contributed by atoms with Crippen molar-refractivity contribution in [1.82, 2.24) is 16.0 Å². The molecule has 0 saturated carbocycles. The van der Waals surface area contributed by atoms with Crippen molar-refractivity contribution in [1.29, 1.82) is 0 Å². The van der Waals surface area contributed by atoms with Crippen LogP contribution in [0, 0.1) is 0 Å². The molecule has 146 valence electrons. The molecule has 0 heterocycles. The van der Waals surface area contributed by atoms with E-state index in [1.54, 1.807) is 0 Å². The first-order valence-corrected chi connectivity index (χ1v) is 10.7. The smallest absolute Gasteiger partial charge is 0.379 e. The van der Waals surface area contributed by atoms with Crippen LogP contribution in [-0.4, -0.2) is 38.9 Å². The lowest BCUT2D eigenvalue weighted by Gasteiger charge is -2.21. The van der Waals surface area contributed by atoms with Crippen LogP contribution in [0.4, 0.5) is 0 Å². The normalized spacial score (nSPS) is 12.8. The molecule has 0 unspecified atom stereocenters. The Labute approximate surface area is 174 Å². The van der Waals surface area contributed by atoms with Crippen LogP contribution in [0.2, 0.25) is 0 Å². The van der Waals surface area contributed by atoms with Gasteiger partial charge in [-0.05, 0) is 0 Å². The highest BCUT2D eigenvalue weighted by atomic mass is 79.9. The number of nitrogens with one attached hydrogen (secondary N) is 3. The molecular weight excluding hydrogens is 569 g/mol. The lowest BCUT2D eigenvalue weighted by molar-refractivity contribution is -0.119. The molecule has 0 rings (SSSR count). The summed E-state index contributed by atoms with van der Waals surface area (Å²) in [4.78, 5) is 38.3. The van der Waals surface area contributed by atoms with Gasteiger partial charge in [0.05, 0.1) is 0 Å². The molecule has 10 nitrogen and oxygen atoms in total. The van der Waals surface area contributed by atoms with Crippen LogP contribution in [0.25, 0.3) is 0 Å². The number of likely N-dealkylation sites (N-methyl/N-ethyl adjacent to an activating group) is 3. The molecule has 0 spiro atoms. The van der Waals surface area contributed by atoms with Crippen molar-refractivity contribution in [3.05, 3.63) is 32.2 Å². The number of phosphoric acid groups is 1. The van der Waals surface area contributed by atoms with Gasteiger partial charge in [-0.1, -0.05) is 47.8 Å². The standard InChI is InChI=1S/C12H15Br3N3O7P/c1-16-10(19)7(4-13)23-26(22,24-8(5-14)11(20)17-2)25-9(6-15)12(21)18-3/h4-6H,1-3H3,(H,16,19)(H,17,20)(H,18,21)/b7-4+,8-5+,9-6+. The van der Waals surface area contributed by atoms with Crippen molar-refractivity contribution < 1.29 is 32.5 Å². The molecule has 14 heteroatoms. The molecule has 26 heavy (non-hydrogen) atoms. The average molecular weight is 584 g/mol. The largest absolute Gasteiger partial charge is 0.647 e. The minimum absolute atomic E-state index is 0.493. The maximum Gasteiger partial charge on any atom is 0.647 e. The minimum Gasteiger partial charge on any atom is -0.379 e. The summed E-state index contributed by atoms with van der Waals surface area (Å²) in [7, 11) is -0.807. The van der Waals surface area contributed by atoms with E-state index < -0.39 is 42.8 Å². The molecule has 0 aliphatic heterocycles.